The van der Waals surface area contributed by atoms with Crippen molar-refractivity contribution in [3.8, 4) is 0 Å². The summed E-state index contributed by atoms with van der Waals surface area (Å²) in [5.74, 6) is -0.0458. The third kappa shape index (κ3) is 2.93. The monoisotopic (exact) mass is 309 g/mol. The maximum Gasteiger partial charge on any atom is 0.256 e. The minimum absolute atomic E-state index is 0.0458. The van der Waals surface area contributed by atoms with Crippen molar-refractivity contribution < 1.29 is 9.53 Å². The van der Waals surface area contributed by atoms with Crippen molar-refractivity contribution in [3.05, 3.63) is 53.3 Å². The lowest BCUT2D eigenvalue weighted by Crippen LogP contribution is -2.35. The summed E-state index contributed by atoms with van der Waals surface area (Å²) < 4.78 is 5.37. The molecular weight excluding hydrogens is 290 g/mol. The van der Waals surface area contributed by atoms with Gasteiger partial charge < -0.3 is 15.0 Å². The number of hydrogen-bond donors (Lipinski definition) is 2. The molecular formula is C18H19N3O2. The highest BCUT2D eigenvalue weighted by atomic mass is 16.5. The third-order valence-corrected chi connectivity index (χ3v) is 4.28. The molecule has 2 aromatic rings. The first-order valence-corrected chi connectivity index (χ1v) is 7.89. The molecule has 0 saturated carbocycles. The van der Waals surface area contributed by atoms with E-state index in [1.165, 1.54) is 5.56 Å². The van der Waals surface area contributed by atoms with Crippen molar-refractivity contribution >= 4 is 23.2 Å². The molecule has 1 aromatic carbocycles. The quantitative estimate of drug-likeness (QED) is 0.856. The van der Waals surface area contributed by atoms with Gasteiger partial charge in [0.1, 0.15) is 0 Å². The Bertz CT molecular complexity index is 757. The molecule has 1 aromatic heterocycles. The van der Waals surface area contributed by atoms with Crippen LogP contribution in [0.15, 0.2) is 36.5 Å². The summed E-state index contributed by atoms with van der Waals surface area (Å²) in [4.78, 5) is 17.8. The Balaban J connectivity index is 1.54. The van der Waals surface area contributed by atoms with E-state index in [1.807, 2.05) is 36.5 Å². The number of fused-ring (bicyclic) bond motifs is 1. The van der Waals surface area contributed by atoms with Crippen molar-refractivity contribution in [2.75, 3.05) is 31.6 Å². The van der Waals surface area contributed by atoms with Gasteiger partial charge in [-0.05, 0) is 23.8 Å². The molecule has 0 unspecified atom stereocenters. The van der Waals surface area contributed by atoms with Crippen LogP contribution in [0.1, 0.15) is 16.8 Å². The lowest BCUT2D eigenvalue weighted by atomic mass is 10.1. The molecule has 0 aliphatic carbocycles. The van der Waals surface area contributed by atoms with Gasteiger partial charge in [0.25, 0.3) is 5.91 Å². The van der Waals surface area contributed by atoms with Gasteiger partial charge in [-0.2, -0.15) is 0 Å². The predicted molar refractivity (Wildman–Crippen MR) is 89.8 cm³/mol. The van der Waals surface area contributed by atoms with E-state index in [0.29, 0.717) is 5.57 Å². The molecule has 0 bridgehead atoms. The van der Waals surface area contributed by atoms with Gasteiger partial charge in [0.2, 0.25) is 0 Å². The van der Waals surface area contributed by atoms with Gasteiger partial charge in [-0.1, -0.05) is 18.2 Å². The number of nitrogens with zero attached hydrogens (tertiary/aromatic N) is 1. The zero-order valence-corrected chi connectivity index (χ0v) is 12.8. The number of carbonyl (C=O) groups excluding carboxylic acids is 1. The molecule has 5 heteroatoms. The highest BCUT2D eigenvalue weighted by Crippen LogP contribution is 2.32. The van der Waals surface area contributed by atoms with Gasteiger partial charge in [-0.15, -0.1) is 0 Å². The second-order valence-corrected chi connectivity index (χ2v) is 5.91. The zero-order valence-electron chi connectivity index (χ0n) is 12.8. The van der Waals surface area contributed by atoms with E-state index < -0.39 is 0 Å². The molecule has 2 aliphatic heterocycles. The largest absolute Gasteiger partial charge is 0.379 e. The zero-order chi connectivity index (χ0) is 15.6. The molecule has 118 valence electrons. The summed E-state index contributed by atoms with van der Waals surface area (Å²) in [7, 11) is 0. The molecule has 1 saturated heterocycles. The van der Waals surface area contributed by atoms with Crippen LogP contribution in [0.4, 0.5) is 5.69 Å². The summed E-state index contributed by atoms with van der Waals surface area (Å²) in [6, 6.07) is 9.88. The van der Waals surface area contributed by atoms with E-state index in [9.17, 15) is 4.79 Å². The number of benzene rings is 1. The number of aromatic amines is 1. The van der Waals surface area contributed by atoms with Crippen molar-refractivity contribution in [2.45, 2.75) is 6.54 Å². The molecule has 5 nitrogen and oxygen atoms in total. The Labute approximate surface area is 135 Å². The molecule has 2 aliphatic rings. The number of carbonyl (C=O) groups is 1. The van der Waals surface area contributed by atoms with Crippen LogP contribution in [0, 0.1) is 0 Å². The van der Waals surface area contributed by atoms with Crippen LogP contribution in [0.25, 0.3) is 11.6 Å². The highest BCUT2D eigenvalue weighted by molar-refractivity contribution is 6.34. The maximum absolute atomic E-state index is 12.1. The Morgan fingerprint density at radius 1 is 1.22 bits per heavy atom. The predicted octanol–water partition coefficient (Wildman–Crippen LogP) is 2.34. The number of amides is 1. The number of H-pyrrole nitrogens is 1. The van der Waals surface area contributed by atoms with E-state index in [2.05, 4.69) is 21.3 Å². The summed E-state index contributed by atoms with van der Waals surface area (Å²) in [6.07, 6.45) is 3.94. The topological polar surface area (TPSA) is 57.4 Å². The Morgan fingerprint density at radius 3 is 2.91 bits per heavy atom. The first kappa shape index (κ1) is 14.2. The van der Waals surface area contributed by atoms with Gasteiger partial charge in [0.15, 0.2) is 0 Å². The Hall–Kier alpha value is -2.37. The second-order valence-electron chi connectivity index (χ2n) is 5.91. The van der Waals surface area contributed by atoms with Crippen LogP contribution in [0.5, 0.6) is 0 Å². The first-order chi connectivity index (χ1) is 11.3. The molecule has 0 atom stereocenters. The number of morpholine rings is 1. The lowest BCUT2D eigenvalue weighted by Gasteiger charge is -2.25. The summed E-state index contributed by atoms with van der Waals surface area (Å²) in [6.45, 7) is 4.46. The normalized spacial score (nSPS) is 19.8. The third-order valence-electron chi connectivity index (χ3n) is 4.28. The Morgan fingerprint density at radius 2 is 2.04 bits per heavy atom. The van der Waals surface area contributed by atoms with Crippen LogP contribution >= 0.6 is 0 Å². The number of nitrogens with one attached hydrogen (secondary N) is 2. The maximum atomic E-state index is 12.1. The van der Waals surface area contributed by atoms with Crippen LogP contribution in [0.2, 0.25) is 0 Å². The summed E-state index contributed by atoms with van der Waals surface area (Å²) in [5.41, 5.74) is 4.73. The molecule has 1 amide bonds. The molecule has 1 fully saturated rings. The Kier molecular flexibility index (Phi) is 3.73. The van der Waals surface area contributed by atoms with E-state index in [4.69, 9.17) is 4.74 Å². The van der Waals surface area contributed by atoms with Gasteiger partial charge in [0.05, 0.1) is 18.8 Å². The van der Waals surface area contributed by atoms with E-state index in [1.54, 1.807) is 0 Å². The average Bonchev–Trinajstić information content (AvgIpc) is 3.14. The number of aromatic nitrogens is 1. The minimum Gasteiger partial charge on any atom is -0.379 e. The number of para-hydroxylation sites is 1. The first-order valence-electron chi connectivity index (χ1n) is 7.89. The average molecular weight is 309 g/mol. The number of hydrogen-bond acceptors (Lipinski definition) is 3. The van der Waals surface area contributed by atoms with Crippen LogP contribution < -0.4 is 5.32 Å². The van der Waals surface area contributed by atoms with Gasteiger partial charge in [0, 0.05) is 42.8 Å². The van der Waals surface area contributed by atoms with Crippen molar-refractivity contribution in [1.82, 2.24) is 9.88 Å². The van der Waals surface area contributed by atoms with Crippen LogP contribution in [-0.4, -0.2) is 42.1 Å². The fourth-order valence-corrected chi connectivity index (χ4v) is 3.09. The fraction of sp³-hybridized carbons (Fsp3) is 0.278. The van der Waals surface area contributed by atoms with E-state index in [0.717, 1.165) is 49.8 Å². The van der Waals surface area contributed by atoms with Gasteiger partial charge >= 0.3 is 0 Å². The number of anilines is 1. The molecule has 3 heterocycles. The molecule has 4 rings (SSSR count). The van der Waals surface area contributed by atoms with E-state index >= 15 is 0 Å². The molecule has 0 radical (unpaired) electrons. The summed E-state index contributed by atoms with van der Waals surface area (Å²) >= 11 is 0. The van der Waals surface area contributed by atoms with Crippen molar-refractivity contribution in [1.29, 1.82) is 0 Å². The van der Waals surface area contributed by atoms with Crippen LogP contribution in [0.3, 0.4) is 0 Å². The second kappa shape index (κ2) is 6.02. The van der Waals surface area contributed by atoms with Crippen LogP contribution in [-0.2, 0) is 16.1 Å². The SMILES string of the molecule is O=C1Nc2ccccc2/C1=C/c1cc(CN2CCOCC2)c[nH]1. The number of rotatable bonds is 3. The highest BCUT2D eigenvalue weighted by Gasteiger charge is 2.23. The van der Waals surface area contributed by atoms with Gasteiger partial charge in [-0.3, -0.25) is 9.69 Å². The summed E-state index contributed by atoms with van der Waals surface area (Å²) in [5, 5.41) is 2.90. The van der Waals surface area contributed by atoms with Gasteiger partial charge in [-0.25, -0.2) is 0 Å². The van der Waals surface area contributed by atoms with E-state index in [-0.39, 0.29) is 5.91 Å². The molecule has 23 heavy (non-hydrogen) atoms. The standard InChI is InChI=1S/C18H19N3O2/c22-18-16(15-3-1-2-4-17(15)20-18)10-14-9-13(11-19-14)12-21-5-7-23-8-6-21/h1-4,9-11,19H,5-8,12H2,(H,20,22)/b16-10-. The van der Waals surface area contributed by atoms with Crippen molar-refractivity contribution in [3.63, 3.8) is 0 Å². The number of ether oxygens (including phenoxy) is 1. The lowest BCUT2D eigenvalue weighted by molar-refractivity contribution is -0.110. The van der Waals surface area contributed by atoms with Crippen molar-refractivity contribution in [2.24, 2.45) is 0 Å². The fourth-order valence-electron chi connectivity index (χ4n) is 3.09. The smallest absolute Gasteiger partial charge is 0.256 e. The minimum atomic E-state index is -0.0458. The molecule has 2 N–H and O–H groups in total. The molecule has 0 spiro atoms.